The number of Topliss-reactive ketones (excluding diaryl/α,β-unsaturated/α-hetero) is 1. The highest BCUT2D eigenvalue weighted by molar-refractivity contribution is 7.95. The number of hydrogen-bond acceptors (Lipinski definition) is 2. The van der Waals surface area contributed by atoms with E-state index in [1.54, 1.807) is 11.9 Å². The molecule has 0 aliphatic rings. The summed E-state index contributed by atoms with van der Waals surface area (Å²) >= 11 is 0. The van der Waals surface area contributed by atoms with E-state index in [4.69, 9.17) is 11.1 Å². The van der Waals surface area contributed by atoms with E-state index in [1.807, 2.05) is 0 Å². The molecule has 3 rings (SSSR count). The average Bonchev–Trinajstić information content (AvgIpc) is 2.86. The van der Waals surface area contributed by atoms with E-state index < -0.39 is 7.26 Å². The van der Waals surface area contributed by atoms with Crippen molar-refractivity contribution in [1.82, 2.24) is 4.90 Å². The van der Waals surface area contributed by atoms with Crippen molar-refractivity contribution in [3.63, 3.8) is 0 Å². The minimum Gasteiger partial charge on any atom is -0.370 e. The maximum Gasteiger partial charge on any atom is 0.188 e. The number of hydrogen-bond donors (Lipinski definition) is 2. The van der Waals surface area contributed by atoms with Crippen molar-refractivity contribution in [2.24, 2.45) is 5.73 Å². The summed E-state index contributed by atoms with van der Waals surface area (Å²) in [5, 5.41) is 11.6. The monoisotopic (exact) mass is 460 g/mol. The molecule has 3 N–H and O–H groups in total. The molecule has 0 aliphatic heterocycles. The smallest absolute Gasteiger partial charge is 0.188 e. The third kappa shape index (κ3) is 6.52. The molecule has 0 aliphatic carbocycles. The second kappa shape index (κ2) is 12.3. The normalized spacial score (nSPS) is 11.2. The Kier molecular flexibility index (Phi) is 9.21. The Labute approximate surface area is 198 Å². The number of guanidine groups is 1. The van der Waals surface area contributed by atoms with E-state index in [1.165, 1.54) is 15.9 Å². The van der Waals surface area contributed by atoms with Crippen LogP contribution in [0, 0.1) is 5.41 Å². The van der Waals surface area contributed by atoms with Crippen molar-refractivity contribution in [3.8, 4) is 0 Å². The van der Waals surface area contributed by atoms with Gasteiger partial charge in [0.05, 0.1) is 6.16 Å². The van der Waals surface area contributed by atoms with Gasteiger partial charge in [0.1, 0.15) is 29.0 Å². The standard InChI is InChI=1S/C28H35N3OP/c1-31(28(29)30)22-21-24(32)14-6-5-13-23-33(25-15-7-2-8-16-25,26-17-9-3-10-18-26)27-19-11-4-12-20-27/h2-4,7-12,15-20H,5-6,13-14,21-23H2,1H3,(H3,29,30)/q+1. The van der Waals surface area contributed by atoms with E-state index in [0.717, 1.165) is 25.4 Å². The number of rotatable bonds is 12. The van der Waals surface area contributed by atoms with Crippen LogP contribution in [0.4, 0.5) is 0 Å². The van der Waals surface area contributed by atoms with Gasteiger partial charge in [0, 0.05) is 26.4 Å². The number of benzene rings is 3. The van der Waals surface area contributed by atoms with E-state index in [2.05, 4.69) is 91.0 Å². The van der Waals surface area contributed by atoms with Crippen LogP contribution >= 0.6 is 7.26 Å². The van der Waals surface area contributed by atoms with E-state index in [0.29, 0.717) is 19.4 Å². The van der Waals surface area contributed by atoms with Crippen molar-refractivity contribution in [3.05, 3.63) is 91.0 Å². The number of carbonyl (C=O) groups excluding carboxylic acids is 1. The highest BCUT2D eigenvalue weighted by Crippen LogP contribution is 2.55. The Bertz CT molecular complexity index is 912. The van der Waals surface area contributed by atoms with E-state index in [-0.39, 0.29) is 11.7 Å². The summed E-state index contributed by atoms with van der Waals surface area (Å²) in [6.07, 6.45) is 5.15. The molecule has 0 saturated heterocycles. The lowest BCUT2D eigenvalue weighted by Crippen LogP contribution is -2.34. The van der Waals surface area contributed by atoms with Crippen LogP contribution in [-0.4, -0.2) is 36.4 Å². The Morgan fingerprint density at radius 2 is 1.21 bits per heavy atom. The van der Waals surface area contributed by atoms with Gasteiger partial charge in [0.15, 0.2) is 5.96 Å². The largest absolute Gasteiger partial charge is 0.370 e. The molecule has 33 heavy (non-hydrogen) atoms. The molecular weight excluding hydrogens is 425 g/mol. The van der Waals surface area contributed by atoms with Crippen LogP contribution in [0.15, 0.2) is 91.0 Å². The van der Waals surface area contributed by atoms with Gasteiger partial charge in [0.25, 0.3) is 0 Å². The molecule has 5 heteroatoms. The molecule has 0 radical (unpaired) electrons. The zero-order valence-electron chi connectivity index (χ0n) is 19.5. The first-order chi connectivity index (χ1) is 16.0. The molecule has 3 aromatic carbocycles. The quantitative estimate of drug-likeness (QED) is 0.183. The maximum absolute atomic E-state index is 12.3. The van der Waals surface area contributed by atoms with Crippen molar-refractivity contribution in [1.29, 1.82) is 5.41 Å². The van der Waals surface area contributed by atoms with Crippen molar-refractivity contribution >= 4 is 34.9 Å². The molecular formula is C28H35N3OP+. The zero-order valence-corrected chi connectivity index (χ0v) is 20.4. The van der Waals surface area contributed by atoms with Gasteiger partial charge in [0.2, 0.25) is 0 Å². The van der Waals surface area contributed by atoms with Gasteiger partial charge in [-0.25, -0.2) is 0 Å². The number of ketones is 1. The second-order valence-corrected chi connectivity index (χ2v) is 12.1. The molecule has 172 valence electrons. The van der Waals surface area contributed by atoms with Gasteiger partial charge in [-0.3, -0.25) is 10.2 Å². The number of carbonyl (C=O) groups is 1. The molecule has 0 atom stereocenters. The van der Waals surface area contributed by atoms with Gasteiger partial charge in [-0.1, -0.05) is 54.6 Å². The summed E-state index contributed by atoms with van der Waals surface area (Å²) in [5.74, 6) is 0.254. The van der Waals surface area contributed by atoms with Crippen molar-refractivity contribution < 1.29 is 4.79 Å². The second-order valence-electron chi connectivity index (χ2n) is 8.45. The topological polar surface area (TPSA) is 70.2 Å². The summed E-state index contributed by atoms with van der Waals surface area (Å²) in [5.41, 5.74) is 5.45. The van der Waals surface area contributed by atoms with E-state index in [9.17, 15) is 4.79 Å². The van der Waals surface area contributed by atoms with Crippen molar-refractivity contribution in [2.75, 3.05) is 19.8 Å². The predicted molar refractivity (Wildman–Crippen MR) is 143 cm³/mol. The molecule has 0 saturated carbocycles. The summed E-state index contributed by atoms with van der Waals surface area (Å²) in [7, 11) is -0.0374. The van der Waals surface area contributed by atoms with Gasteiger partial charge in [-0.2, -0.15) is 0 Å². The molecule has 0 spiro atoms. The Morgan fingerprint density at radius 1 is 0.758 bits per heavy atom. The molecule has 3 aromatic rings. The lowest BCUT2D eigenvalue weighted by atomic mass is 10.1. The molecule has 0 unspecified atom stereocenters. The van der Waals surface area contributed by atoms with Crippen LogP contribution in [0.3, 0.4) is 0 Å². The first-order valence-corrected chi connectivity index (χ1v) is 13.6. The first-order valence-electron chi connectivity index (χ1n) is 11.7. The summed E-state index contributed by atoms with van der Waals surface area (Å²) in [6.45, 7) is 0.513. The van der Waals surface area contributed by atoms with Crippen LogP contribution in [0.2, 0.25) is 0 Å². The number of nitrogens with zero attached hydrogens (tertiary/aromatic N) is 1. The van der Waals surface area contributed by atoms with Crippen LogP contribution in [0.1, 0.15) is 32.1 Å². The maximum atomic E-state index is 12.3. The number of unbranched alkanes of at least 4 members (excludes halogenated alkanes) is 2. The molecule has 0 fully saturated rings. The third-order valence-electron chi connectivity index (χ3n) is 6.18. The number of nitrogens with one attached hydrogen (secondary N) is 1. The van der Waals surface area contributed by atoms with Crippen LogP contribution < -0.4 is 21.6 Å². The lowest BCUT2D eigenvalue weighted by molar-refractivity contribution is -0.119. The minimum atomic E-state index is -1.78. The van der Waals surface area contributed by atoms with Crippen LogP contribution in [-0.2, 0) is 4.79 Å². The van der Waals surface area contributed by atoms with Crippen LogP contribution in [0.25, 0.3) is 0 Å². The SMILES string of the molecule is CN(CCC(=O)CCCCC[P+](c1ccccc1)(c1ccccc1)c1ccccc1)C(=N)N. The lowest BCUT2D eigenvalue weighted by Gasteiger charge is -2.27. The fourth-order valence-electron chi connectivity index (χ4n) is 4.27. The van der Waals surface area contributed by atoms with Gasteiger partial charge < -0.3 is 10.6 Å². The average molecular weight is 461 g/mol. The summed E-state index contributed by atoms with van der Waals surface area (Å²) in [4.78, 5) is 13.9. The molecule has 4 nitrogen and oxygen atoms in total. The molecule has 0 heterocycles. The van der Waals surface area contributed by atoms with Gasteiger partial charge in [-0.05, 0) is 55.7 Å². The molecule has 0 bridgehead atoms. The molecule has 0 aromatic heterocycles. The predicted octanol–water partition coefficient (Wildman–Crippen LogP) is 4.33. The summed E-state index contributed by atoms with van der Waals surface area (Å²) in [6, 6.07) is 32.8. The third-order valence-corrected chi connectivity index (χ3v) is 10.7. The Morgan fingerprint density at radius 3 is 1.64 bits per heavy atom. The first kappa shape index (κ1) is 24.7. The Hall–Kier alpha value is -2.97. The Balaban J connectivity index is 1.72. The minimum absolute atomic E-state index is 0.00541. The van der Waals surface area contributed by atoms with Gasteiger partial charge >= 0.3 is 0 Å². The zero-order chi connectivity index (χ0) is 23.5. The molecule has 0 amide bonds. The highest BCUT2D eigenvalue weighted by atomic mass is 31.2. The van der Waals surface area contributed by atoms with E-state index >= 15 is 0 Å². The fraction of sp³-hybridized carbons (Fsp3) is 0.286. The summed E-state index contributed by atoms with van der Waals surface area (Å²) < 4.78 is 0. The fourth-order valence-corrected chi connectivity index (χ4v) is 8.68. The number of nitrogens with two attached hydrogens (primary N) is 1. The van der Waals surface area contributed by atoms with Crippen LogP contribution in [0.5, 0.6) is 0 Å². The van der Waals surface area contributed by atoms with Gasteiger partial charge in [-0.15, -0.1) is 0 Å². The van der Waals surface area contributed by atoms with Crippen molar-refractivity contribution in [2.45, 2.75) is 32.1 Å². The highest BCUT2D eigenvalue weighted by Gasteiger charge is 2.44.